The van der Waals surface area contributed by atoms with Crippen molar-refractivity contribution in [3.63, 3.8) is 0 Å². The van der Waals surface area contributed by atoms with Gasteiger partial charge in [-0.25, -0.2) is 0 Å². The van der Waals surface area contributed by atoms with E-state index in [-0.39, 0.29) is 97.4 Å². The second-order valence-corrected chi connectivity index (χ2v) is 18.2. The van der Waals surface area contributed by atoms with Crippen molar-refractivity contribution in [1.82, 2.24) is 0 Å². The predicted octanol–water partition coefficient (Wildman–Crippen LogP) is 4.07. The molecule has 0 radical (unpaired) electrons. The zero-order chi connectivity index (χ0) is 36.0. The van der Waals surface area contributed by atoms with E-state index in [0.29, 0.717) is 31.6 Å². The van der Waals surface area contributed by atoms with Gasteiger partial charge in [0.15, 0.2) is 5.79 Å². The number of rotatable bonds is 0. The van der Waals surface area contributed by atoms with Crippen molar-refractivity contribution >= 4 is 0 Å². The lowest BCUT2D eigenvalue weighted by molar-refractivity contribution is -0.339. The molecule has 22 atom stereocenters. The molecule has 0 aromatic carbocycles. The molecule has 290 valence electrons. The van der Waals surface area contributed by atoms with E-state index in [1.165, 1.54) is 0 Å². The third-order valence-electron chi connectivity index (χ3n) is 14.6. The van der Waals surface area contributed by atoms with E-state index in [0.717, 1.165) is 25.7 Å². The highest BCUT2D eigenvalue weighted by atomic mass is 16.7. The van der Waals surface area contributed by atoms with E-state index >= 15 is 0 Å². The lowest BCUT2D eigenvalue weighted by Gasteiger charge is -2.53. The molecule has 7 saturated heterocycles. The van der Waals surface area contributed by atoms with Crippen molar-refractivity contribution in [2.75, 3.05) is 6.61 Å². The summed E-state index contributed by atoms with van der Waals surface area (Å²) in [4.78, 5) is 0. The van der Waals surface area contributed by atoms with Gasteiger partial charge in [0.1, 0.15) is 11.7 Å². The average Bonchev–Trinajstić information content (AvgIpc) is 3.41. The molecule has 1 spiro atoms. The van der Waals surface area contributed by atoms with Gasteiger partial charge in [-0.05, 0) is 57.3 Å². The predicted molar refractivity (Wildman–Crippen MR) is 186 cm³/mol. The second kappa shape index (κ2) is 14.1. The molecular weight excluding hydrogens is 656 g/mol. The molecule has 0 bridgehead atoms. The van der Waals surface area contributed by atoms with Crippen molar-refractivity contribution in [2.45, 2.75) is 203 Å². The molecule has 7 fully saturated rings. The number of hydrogen-bond donors (Lipinski definition) is 3. The van der Waals surface area contributed by atoms with E-state index in [9.17, 15) is 15.3 Å². The highest BCUT2D eigenvalue weighted by molar-refractivity contribution is 5.08. The highest BCUT2D eigenvalue weighted by Gasteiger charge is 2.62. The number of aliphatic hydroxyl groups excluding tert-OH is 3. The molecular formula is C40H64O11. The SMILES string of the molecule is C[C@@H]1C[C@@H]2O[C@@H]3[C@@H](C)[C@H](O)[C@@H]4OC5(C[C@H](O)CO5)[C@@H](C)[C@H](C)[C@H]4O[C@H]3C[C@H]2O[C@H]2C[C@H]3O[C@H]4C/C=C\C[C@@H](C)[C@H](C)O[C@@H]4C[C@@H](O)[C@]3(C)O[C@@H]2C1. The summed E-state index contributed by atoms with van der Waals surface area (Å²) in [6, 6.07) is 0. The first-order chi connectivity index (χ1) is 24.3. The molecule has 8 aliphatic heterocycles. The Morgan fingerprint density at radius 2 is 1.29 bits per heavy atom. The minimum atomic E-state index is -0.935. The number of ether oxygens (including phenoxy) is 8. The molecule has 0 amide bonds. The quantitative estimate of drug-likeness (QED) is 0.313. The molecule has 0 aromatic heterocycles. The second-order valence-electron chi connectivity index (χ2n) is 18.2. The van der Waals surface area contributed by atoms with Crippen LogP contribution < -0.4 is 0 Å². The van der Waals surface area contributed by atoms with Gasteiger partial charge in [-0.15, -0.1) is 0 Å². The first-order valence-electron chi connectivity index (χ1n) is 20.2. The average molecular weight is 721 g/mol. The van der Waals surface area contributed by atoms with Gasteiger partial charge in [-0.2, -0.15) is 0 Å². The van der Waals surface area contributed by atoms with Crippen molar-refractivity contribution < 1.29 is 53.2 Å². The van der Waals surface area contributed by atoms with Gasteiger partial charge in [-0.1, -0.05) is 46.8 Å². The zero-order valence-electron chi connectivity index (χ0n) is 31.7. The first-order valence-corrected chi connectivity index (χ1v) is 20.2. The van der Waals surface area contributed by atoms with E-state index in [2.05, 4.69) is 46.8 Å². The van der Waals surface area contributed by atoms with Crippen LogP contribution in [0.4, 0.5) is 0 Å². The lowest BCUT2D eigenvalue weighted by Crippen LogP contribution is -2.63. The minimum Gasteiger partial charge on any atom is -0.391 e. The van der Waals surface area contributed by atoms with Crippen molar-refractivity contribution in [3.05, 3.63) is 12.2 Å². The molecule has 3 N–H and O–H groups in total. The van der Waals surface area contributed by atoms with Crippen LogP contribution in [0, 0.1) is 29.6 Å². The van der Waals surface area contributed by atoms with Gasteiger partial charge in [0, 0.05) is 37.5 Å². The normalized spacial score (nSPS) is 59.7. The van der Waals surface area contributed by atoms with Gasteiger partial charge in [0.2, 0.25) is 0 Å². The van der Waals surface area contributed by atoms with Gasteiger partial charge in [-0.3, -0.25) is 0 Å². The number of hydrogen-bond acceptors (Lipinski definition) is 11. The summed E-state index contributed by atoms with van der Waals surface area (Å²) >= 11 is 0. The van der Waals surface area contributed by atoms with Crippen molar-refractivity contribution in [3.8, 4) is 0 Å². The van der Waals surface area contributed by atoms with E-state index in [1.54, 1.807) is 0 Å². The fraction of sp³-hybridized carbons (Fsp3) is 0.950. The third kappa shape index (κ3) is 6.60. The number of aliphatic hydroxyl groups is 3. The molecule has 8 aliphatic rings. The molecule has 11 nitrogen and oxygen atoms in total. The van der Waals surface area contributed by atoms with Crippen molar-refractivity contribution in [1.29, 1.82) is 0 Å². The summed E-state index contributed by atoms with van der Waals surface area (Å²) in [7, 11) is 0. The van der Waals surface area contributed by atoms with Crippen LogP contribution >= 0.6 is 0 Å². The Bertz CT molecular complexity index is 1270. The maximum Gasteiger partial charge on any atom is 0.174 e. The Balaban J connectivity index is 1.02. The van der Waals surface area contributed by atoms with Gasteiger partial charge < -0.3 is 53.2 Å². The summed E-state index contributed by atoms with van der Waals surface area (Å²) < 4.78 is 54.3. The van der Waals surface area contributed by atoms with E-state index in [1.807, 2.05) is 13.8 Å². The molecule has 0 aromatic rings. The fourth-order valence-corrected chi connectivity index (χ4v) is 10.9. The topological polar surface area (TPSA) is 135 Å². The van der Waals surface area contributed by atoms with Crippen LogP contribution in [0.15, 0.2) is 12.2 Å². The zero-order valence-corrected chi connectivity index (χ0v) is 31.7. The maximum atomic E-state index is 11.8. The summed E-state index contributed by atoms with van der Waals surface area (Å²) in [6.07, 6.45) is 4.57. The van der Waals surface area contributed by atoms with Gasteiger partial charge in [0.05, 0.1) is 92.1 Å². The van der Waals surface area contributed by atoms with Crippen LogP contribution in [0.5, 0.6) is 0 Å². The van der Waals surface area contributed by atoms with Crippen LogP contribution in [0.25, 0.3) is 0 Å². The van der Waals surface area contributed by atoms with Crippen molar-refractivity contribution in [2.24, 2.45) is 29.6 Å². The fourth-order valence-electron chi connectivity index (χ4n) is 10.9. The number of allylic oxidation sites excluding steroid dienone is 1. The standard InChI is InChI=1S/C40H64O11/c1-19-12-27-28(14-32-36(48-27)22(4)35(43)38-37(49-32)21(3)23(5)40(51-38)17-25(41)18-44-40)46-30-16-34-39(7,50-31(30)13-19)33(42)15-29-26(47-34)11-9-8-10-20(2)24(6)45-29/h8-9,19-38,41-43H,10-18H2,1-7H3/b9-8-/t19-,20-,21+,22+,23+,24+,25+,26+,27+,28-,29-,30+,31-,32+,33-,34-,35+,36-,37-,38+,39+,40?/m1/s1. The lowest BCUT2D eigenvalue weighted by atomic mass is 9.75. The molecule has 0 aliphatic carbocycles. The Kier molecular flexibility index (Phi) is 10.3. The molecule has 1 unspecified atom stereocenters. The number of fused-ring (bicyclic) bond motifs is 6. The van der Waals surface area contributed by atoms with Crippen LogP contribution in [0.3, 0.4) is 0 Å². The smallest absolute Gasteiger partial charge is 0.174 e. The summed E-state index contributed by atoms with van der Waals surface area (Å²) in [6.45, 7) is 15.1. The summed E-state index contributed by atoms with van der Waals surface area (Å²) in [5, 5.41) is 34.1. The van der Waals surface area contributed by atoms with Gasteiger partial charge in [0.25, 0.3) is 0 Å². The third-order valence-corrected chi connectivity index (χ3v) is 14.6. The monoisotopic (exact) mass is 720 g/mol. The van der Waals surface area contributed by atoms with E-state index in [4.69, 9.17) is 37.9 Å². The summed E-state index contributed by atoms with van der Waals surface area (Å²) in [5.41, 5.74) is -0.884. The Morgan fingerprint density at radius 3 is 2.06 bits per heavy atom. The van der Waals surface area contributed by atoms with E-state index < -0.39 is 35.8 Å². The van der Waals surface area contributed by atoms with Crippen LogP contribution in [0.2, 0.25) is 0 Å². The molecule has 8 rings (SSSR count). The van der Waals surface area contributed by atoms with Crippen LogP contribution in [-0.2, 0) is 37.9 Å². The van der Waals surface area contributed by atoms with Crippen LogP contribution in [0.1, 0.15) is 99.8 Å². The van der Waals surface area contributed by atoms with Gasteiger partial charge >= 0.3 is 0 Å². The molecule has 11 heteroatoms. The Morgan fingerprint density at radius 1 is 0.608 bits per heavy atom. The Labute approximate surface area is 304 Å². The van der Waals surface area contributed by atoms with Crippen LogP contribution in [-0.4, -0.2) is 125 Å². The first kappa shape index (κ1) is 37.2. The summed E-state index contributed by atoms with van der Waals surface area (Å²) in [5.74, 6) is -0.535. The Hall–Kier alpha value is -0.700. The molecule has 8 heterocycles. The largest absolute Gasteiger partial charge is 0.391 e. The maximum absolute atomic E-state index is 11.8. The highest BCUT2D eigenvalue weighted by Crippen LogP contribution is 2.51. The minimum absolute atomic E-state index is 0.0182. The molecule has 0 saturated carbocycles. The molecule has 51 heavy (non-hydrogen) atoms.